The molecular formula is C14H22N2O2Si. The molecule has 1 saturated carbocycles. The molecule has 2 atom stereocenters. The second kappa shape index (κ2) is 6.18. The predicted molar refractivity (Wildman–Crippen MR) is 77.3 cm³/mol. The Labute approximate surface area is 116 Å². The number of esters is 1. The molecule has 1 aliphatic rings. The van der Waals surface area contributed by atoms with Crippen LogP contribution in [0.15, 0.2) is 0 Å². The minimum atomic E-state index is -1.52. The van der Waals surface area contributed by atoms with E-state index in [1.807, 2.05) is 0 Å². The molecule has 0 spiro atoms. The summed E-state index contributed by atoms with van der Waals surface area (Å²) >= 11 is 0. The van der Waals surface area contributed by atoms with Crippen molar-refractivity contribution in [3.05, 3.63) is 5.53 Å². The first-order valence-corrected chi connectivity index (χ1v) is 10.2. The summed E-state index contributed by atoms with van der Waals surface area (Å²) in [6, 6.07) is 0. The molecule has 1 aliphatic carbocycles. The zero-order valence-corrected chi connectivity index (χ0v) is 13.2. The zero-order valence-electron chi connectivity index (χ0n) is 12.2. The van der Waals surface area contributed by atoms with Crippen molar-refractivity contribution < 1.29 is 14.3 Å². The Balaban J connectivity index is 2.98. The summed E-state index contributed by atoms with van der Waals surface area (Å²) in [7, 11) is -1.52. The van der Waals surface area contributed by atoms with E-state index < -0.39 is 19.6 Å². The average molecular weight is 278 g/mol. The molecule has 1 rings (SSSR count). The van der Waals surface area contributed by atoms with Crippen LogP contribution in [0.2, 0.25) is 19.6 Å². The van der Waals surface area contributed by atoms with Gasteiger partial charge in [-0.2, -0.15) is 4.79 Å². The summed E-state index contributed by atoms with van der Waals surface area (Å²) < 4.78 is 5.49. The maximum Gasteiger partial charge on any atom is 0.415 e. The molecule has 0 aromatic rings. The van der Waals surface area contributed by atoms with Gasteiger partial charge in [-0.1, -0.05) is 38.9 Å². The summed E-state index contributed by atoms with van der Waals surface area (Å²) in [5, 5.41) is 0. The molecule has 0 aromatic carbocycles. The normalized spacial score (nSPS) is 26.6. The lowest BCUT2D eigenvalue weighted by atomic mass is 9.79. The van der Waals surface area contributed by atoms with E-state index in [9.17, 15) is 4.79 Å². The number of carbonyl (C=O) groups excluding carboxylic acids is 1. The molecular weight excluding hydrogens is 256 g/mol. The van der Waals surface area contributed by atoms with Gasteiger partial charge in [0.15, 0.2) is 5.60 Å². The third-order valence-corrected chi connectivity index (χ3v) is 3.96. The Bertz CT molecular complexity index is 452. The van der Waals surface area contributed by atoms with E-state index in [2.05, 4.69) is 42.8 Å². The summed E-state index contributed by atoms with van der Waals surface area (Å²) in [5.74, 6) is 3.09. The molecule has 19 heavy (non-hydrogen) atoms. The Kier molecular flexibility index (Phi) is 5.10. The number of hydrogen-bond acceptors (Lipinski definition) is 2. The van der Waals surface area contributed by atoms with Crippen molar-refractivity contribution in [3.63, 3.8) is 0 Å². The number of ether oxygens (including phenoxy) is 1. The molecule has 0 aromatic heterocycles. The van der Waals surface area contributed by atoms with Crippen molar-refractivity contribution >= 4 is 20.3 Å². The minimum Gasteiger partial charge on any atom is -0.437 e. The van der Waals surface area contributed by atoms with Gasteiger partial charge in [-0.05, 0) is 18.8 Å². The number of hydrogen-bond donors (Lipinski definition) is 0. The van der Waals surface area contributed by atoms with Gasteiger partial charge < -0.3 is 10.3 Å². The van der Waals surface area contributed by atoms with Crippen molar-refractivity contribution in [3.8, 4) is 11.5 Å². The summed E-state index contributed by atoms with van der Waals surface area (Å²) in [6.07, 6.45) is 4.46. The lowest BCUT2D eigenvalue weighted by molar-refractivity contribution is -0.152. The molecule has 1 fully saturated rings. The van der Waals surface area contributed by atoms with Crippen molar-refractivity contribution in [1.82, 2.24) is 0 Å². The van der Waals surface area contributed by atoms with E-state index in [4.69, 9.17) is 10.3 Å². The fourth-order valence-electron chi connectivity index (χ4n) is 2.30. The smallest absolute Gasteiger partial charge is 0.415 e. The molecule has 0 aliphatic heterocycles. The Morgan fingerprint density at radius 1 is 1.53 bits per heavy atom. The molecule has 0 saturated heterocycles. The van der Waals surface area contributed by atoms with Gasteiger partial charge in [-0.25, -0.2) is 4.79 Å². The summed E-state index contributed by atoms with van der Waals surface area (Å²) in [4.78, 5) is 14.3. The molecule has 0 N–H and O–H groups in total. The van der Waals surface area contributed by atoms with Gasteiger partial charge in [0.25, 0.3) is 0 Å². The first-order valence-electron chi connectivity index (χ1n) is 6.71. The molecule has 104 valence electrons. The molecule has 0 unspecified atom stereocenters. The van der Waals surface area contributed by atoms with Gasteiger partial charge in [0.05, 0.1) is 0 Å². The van der Waals surface area contributed by atoms with Crippen molar-refractivity contribution in [2.75, 3.05) is 0 Å². The predicted octanol–water partition coefficient (Wildman–Crippen LogP) is 2.66. The Morgan fingerprint density at radius 2 is 2.21 bits per heavy atom. The standard InChI is InChI=1S/C14H22N2O2Si/c1-12-6-5-7-14(10-12,8-9-19(2,3)4)18-13(17)11-16-15/h11-12H,5-7,10H2,1-4H3/t12-,14+/m0/s1. The SMILES string of the molecule is C[C@H]1CCC[C@](C#C[Si](C)(C)C)(OC(=O)C=[N+]=[N-])C1. The van der Waals surface area contributed by atoms with Gasteiger partial charge in [0, 0.05) is 6.42 Å². The highest BCUT2D eigenvalue weighted by atomic mass is 28.3. The van der Waals surface area contributed by atoms with Crippen LogP contribution in [0.5, 0.6) is 0 Å². The summed E-state index contributed by atoms with van der Waals surface area (Å²) in [6.45, 7) is 8.64. The molecule has 0 bridgehead atoms. The highest BCUT2D eigenvalue weighted by Crippen LogP contribution is 2.35. The van der Waals surface area contributed by atoms with E-state index in [1.165, 1.54) is 0 Å². The quantitative estimate of drug-likeness (QED) is 0.195. The zero-order chi connectivity index (χ0) is 14.5. The van der Waals surface area contributed by atoms with Crippen molar-refractivity contribution in [1.29, 1.82) is 0 Å². The first-order chi connectivity index (χ1) is 8.76. The van der Waals surface area contributed by atoms with Gasteiger partial charge in [0.1, 0.15) is 8.07 Å². The van der Waals surface area contributed by atoms with Crippen LogP contribution in [0.25, 0.3) is 5.53 Å². The van der Waals surface area contributed by atoms with Crippen LogP contribution < -0.4 is 0 Å². The second-order valence-corrected chi connectivity index (χ2v) is 11.1. The third kappa shape index (κ3) is 5.42. The van der Waals surface area contributed by atoms with Crippen LogP contribution in [0.3, 0.4) is 0 Å². The van der Waals surface area contributed by atoms with Gasteiger partial charge in [-0.15, -0.1) is 5.54 Å². The molecule has 4 nitrogen and oxygen atoms in total. The lowest BCUT2D eigenvalue weighted by Gasteiger charge is -2.34. The van der Waals surface area contributed by atoms with Crippen molar-refractivity contribution in [2.24, 2.45) is 5.92 Å². The van der Waals surface area contributed by atoms with Crippen LogP contribution in [0, 0.1) is 17.4 Å². The van der Waals surface area contributed by atoms with E-state index in [0.717, 1.165) is 31.9 Å². The fraction of sp³-hybridized carbons (Fsp3) is 0.714. The van der Waals surface area contributed by atoms with Gasteiger partial charge in [0.2, 0.25) is 0 Å². The Morgan fingerprint density at radius 3 is 2.74 bits per heavy atom. The largest absolute Gasteiger partial charge is 0.437 e. The van der Waals surface area contributed by atoms with Crippen LogP contribution in [-0.2, 0) is 9.53 Å². The number of rotatable bonds is 2. The first kappa shape index (κ1) is 15.7. The number of carbonyl (C=O) groups is 1. The monoisotopic (exact) mass is 278 g/mol. The van der Waals surface area contributed by atoms with Gasteiger partial charge in [-0.3, -0.25) is 0 Å². The lowest BCUT2D eigenvalue weighted by Crippen LogP contribution is -2.39. The summed E-state index contributed by atoms with van der Waals surface area (Å²) in [5.41, 5.74) is 11.0. The highest BCUT2D eigenvalue weighted by Gasteiger charge is 2.37. The van der Waals surface area contributed by atoms with E-state index >= 15 is 0 Å². The van der Waals surface area contributed by atoms with Crippen LogP contribution >= 0.6 is 0 Å². The number of nitrogens with zero attached hydrogens (tertiary/aromatic N) is 2. The average Bonchev–Trinajstić information content (AvgIpc) is 2.26. The van der Waals surface area contributed by atoms with E-state index in [-0.39, 0.29) is 0 Å². The maximum absolute atomic E-state index is 11.6. The minimum absolute atomic E-state index is 0.489. The highest BCUT2D eigenvalue weighted by molar-refractivity contribution is 6.83. The van der Waals surface area contributed by atoms with Crippen LogP contribution in [-0.4, -0.2) is 30.6 Å². The molecule has 0 heterocycles. The topological polar surface area (TPSA) is 62.7 Å². The van der Waals surface area contributed by atoms with Gasteiger partial charge >= 0.3 is 12.2 Å². The van der Waals surface area contributed by atoms with Crippen LogP contribution in [0.4, 0.5) is 0 Å². The van der Waals surface area contributed by atoms with E-state index in [1.54, 1.807) is 0 Å². The second-order valence-electron chi connectivity index (χ2n) is 6.36. The molecule has 5 heteroatoms. The van der Waals surface area contributed by atoms with E-state index in [0.29, 0.717) is 5.92 Å². The maximum atomic E-state index is 11.6. The molecule has 0 radical (unpaired) electrons. The molecule has 0 amide bonds. The van der Waals surface area contributed by atoms with Crippen LogP contribution in [0.1, 0.15) is 32.6 Å². The third-order valence-electron chi connectivity index (χ3n) is 3.08. The van der Waals surface area contributed by atoms with Crippen molar-refractivity contribution in [2.45, 2.75) is 57.8 Å². The Hall–Kier alpha value is -1.37. The fourth-order valence-corrected chi connectivity index (χ4v) is 2.91.